The van der Waals surface area contributed by atoms with Crippen LogP contribution in [0.5, 0.6) is 0 Å². The van der Waals surface area contributed by atoms with Gasteiger partial charge in [-0.1, -0.05) is 27.2 Å². The van der Waals surface area contributed by atoms with E-state index in [4.69, 9.17) is 9.16 Å². The smallest absolute Gasteiger partial charge is 0.309 e. The number of hydrogen-bond acceptors (Lipinski definition) is 3. The molecule has 0 heterocycles. The fourth-order valence-electron chi connectivity index (χ4n) is 3.38. The molecular weight excluding hydrogens is 280 g/mol. The number of hydrogen-bond donors (Lipinski definition) is 0. The van der Waals surface area contributed by atoms with Crippen LogP contribution < -0.4 is 0 Å². The summed E-state index contributed by atoms with van der Waals surface area (Å²) in [6.07, 6.45) is 6.43. The van der Waals surface area contributed by atoms with Crippen molar-refractivity contribution in [1.29, 1.82) is 0 Å². The molecule has 2 aliphatic carbocycles. The summed E-state index contributed by atoms with van der Waals surface area (Å²) in [5, 5.41) is 0.209. The number of esters is 1. The molecule has 120 valence electrons. The molecule has 3 atom stereocenters. The first-order valence-electron chi connectivity index (χ1n) is 8.14. The van der Waals surface area contributed by atoms with Gasteiger partial charge in [-0.05, 0) is 49.4 Å². The molecule has 2 aliphatic rings. The third-order valence-corrected chi connectivity index (χ3v) is 10.1. The second kappa shape index (κ2) is 5.79. The maximum atomic E-state index is 12.0. The molecular formula is C17H30O3Si. The first kappa shape index (κ1) is 16.6. The van der Waals surface area contributed by atoms with Crippen molar-refractivity contribution in [2.75, 3.05) is 7.11 Å². The highest BCUT2D eigenvalue weighted by Gasteiger charge is 2.46. The Morgan fingerprint density at radius 1 is 1.29 bits per heavy atom. The van der Waals surface area contributed by atoms with Crippen LogP contribution in [-0.2, 0) is 14.0 Å². The van der Waals surface area contributed by atoms with Crippen LogP contribution in [0.4, 0.5) is 0 Å². The molecule has 0 saturated heterocycles. The largest absolute Gasteiger partial charge is 0.547 e. The van der Waals surface area contributed by atoms with Crippen LogP contribution in [0.3, 0.4) is 0 Å². The Bertz CT molecular complexity index is 434. The Labute approximate surface area is 130 Å². The Hall–Kier alpha value is -0.773. The van der Waals surface area contributed by atoms with Gasteiger partial charge in [-0.15, -0.1) is 0 Å². The monoisotopic (exact) mass is 310 g/mol. The van der Waals surface area contributed by atoms with Gasteiger partial charge in [-0.25, -0.2) is 0 Å². The molecule has 0 amide bonds. The third-order valence-electron chi connectivity index (χ3n) is 5.71. The van der Waals surface area contributed by atoms with Crippen LogP contribution >= 0.6 is 0 Å². The number of rotatable bonds is 3. The van der Waals surface area contributed by atoms with Crippen LogP contribution in [-0.4, -0.2) is 21.4 Å². The van der Waals surface area contributed by atoms with Gasteiger partial charge >= 0.3 is 5.97 Å². The molecule has 0 N–H and O–H groups in total. The predicted octanol–water partition coefficient (Wildman–Crippen LogP) is 4.50. The molecule has 0 aromatic rings. The maximum absolute atomic E-state index is 12.0. The van der Waals surface area contributed by atoms with Gasteiger partial charge in [-0.2, -0.15) is 0 Å². The van der Waals surface area contributed by atoms with Crippen LogP contribution in [0.2, 0.25) is 18.1 Å². The second-order valence-electron chi connectivity index (χ2n) is 8.04. The number of allylic oxidation sites excluding steroid dienone is 2. The highest BCUT2D eigenvalue weighted by molar-refractivity contribution is 6.74. The molecule has 4 heteroatoms. The molecule has 0 bridgehead atoms. The van der Waals surface area contributed by atoms with Crippen molar-refractivity contribution < 1.29 is 14.0 Å². The van der Waals surface area contributed by atoms with E-state index in [1.807, 2.05) is 0 Å². The Kier molecular flexibility index (Phi) is 4.57. The Morgan fingerprint density at radius 2 is 1.95 bits per heavy atom. The molecule has 3 nitrogen and oxygen atoms in total. The molecule has 1 fully saturated rings. The first-order chi connectivity index (χ1) is 9.67. The summed E-state index contributed by atoms with van der Waals surface area (Å²) < 4.78 is 11.6. The van der Waals surface area contributed by atoms with E-state index in [1.54, 1.807) is 0 Å². The number of ether oxygens (including phenoxy) is 1. The zero-order valence-corrected chi connectivity index (χ0v) is 15.4. The fraction of sp³-hybridized carbons (Fsp3) is 0.824. The van der Waals surface area contributed by atoms with E-state index in [9.17, 15) is 4.79 Å². The lowest BCUT2D eigenvalue weighted by Crippen LogP contribution is -2.43. The summed E-state index contributed by atoms with van der Waals surface area (Å²) in [6.45, 7) is 11.4. The van der Waals surface area contributed by atoms with Gasteiger partial charge < -0.3 is 9.16 Å². The average Bonchev–Trinajstić information content (AvgIpc) is 2.86. The summed E-state index contributed by atoms with van der Waals surface area (Å²) in [4.78, 5) is 12.0. The number of carbonyl (C=O) groups is 1. The average molecular weight is 311 g/mol. The summed E-state index contributed by atoms with van der Waals surface area (Å²) in [5.74, 6) is 2.01. The standard InChI is InChI=1S/C17H30O3Si/c1-17(2,3)21(5,6)20-15-11-10-14(16(18)19-4)12-8-7-9-13(12)15/h11-14H,7-10H2,1-6H3/t12-,13-,14-/m0/s1. The van der Waals surface area contributed by atoms with Gasteiger partial charge in [0.25, 0.3) is 0 Å². The molecule has 0 unspecified atom stereocenters. The molecule has 21 heavy (non-hydrogen) atoms. The van der Waals surface area contributed by atoms with Crippen LogP contribution in [0.25, 0.3) is 0 Å². The molecule has 1 saturated carbocycles. The Morgan fingerprint density at radius 3 is 2.52 bits per heavy atom. The van der Waals surface area contributed by atoms with Crippen LogP contribution in [0.15, 0.2) is 11.8 Å². The van der Waals surface area contributed by atoms with Gasteiger partial charge in [0.15, 0.2) is 0 Å². The fourth-order valence-corrected chi connectivity index (χ4v) is 4.51. The van der Waals surface area contributed by atoms with Gasteiger partial charge in [0.1, 0.15) is 0 Å². The Balaban J connectivity index is 2.19. The van der Waals surface area contributed by atoms with Crippen LogP contribution in [0.1, 0.15) is 46.5 Å². The molecule has 0 aliphatic heterocycles. The van der Waals surface area contributed by atoms with Crippen LogP contribution in [0, 0.1) is 17.8 Å². The van der Waals surface area contributed by atoms with E-state index in [-0.39, 0.29) is 16.9 Å². The van der Waals surface area contributed by atoms with Crippen molar-refractivity contribution >= 4 is 14.3 Å². The van der Waals surface area contributed by atoms with Crippen molar-refractivity contribution in [3.8, 4) is 0 Å². The minimum absolute atomic E-state index is 0.0364. The van der Waals surface area contributed by atoms with Gasteiger partial charge in [0.05, 0.1) is 18.8 Å². The third kappa shape index (κ3) is 3.20. The lowest BCUT2D eigenvalue weighted by molar-refractivity contribution is -0.148. The van der Waals surface area contributed by atoms with Crippen molar-refractivity contribution in [2.24, 2.45) is 17.8 Å². The minimum atomic E-state index is -1.79. The zero-order chi connectivity index (χ0) is 15.8. The van der Waals surface area contributed by atoms with Crippen molar-refractivity contribution in [1.82, 2.24) is 0 Å². The topological polar surface area (TPSA) is 35.5 Å². The number of fused-ring (bicyclic) bond motifs is 1. The molecule has 0 aromatic heterocycles. The van der Waals surface area contributed by atoms with E-state index in [0.29, 0.717) is 11.8 Å². The summed E-state index contributed by atoms with van der Waals surface area (Å²) in [6, 6.07) is 0. The number of carbonyl (C=O) groups excluding carboxylic acids is 1. The lowest BCUT2D eigenvalue weighted by Gasteiger charge is -2.41. The second-order valence-corrected chi connectivity index (χ2v) is 12.8. The highest BCUT2D eigenvalue weighted by atomic mass is 28.4. The van der Waals surface area contributed by atoms with E-state index >= 15 is 0 Å². The van der Waals surface area contributed by atoms with Crippen molar-refractivity contribution in [2.45, 2.75) is 64.6 Å². The van der Waals surface area contributed by atoms with Gasteiger partial charge in [0, 0.05) is 5.92 Å². The predicted molar refractivity (Wildman–Crippen MR) is 87.3 cm³/mol. The SMILES string of the molecule is COC(=O)[C@H]1CC=C(O[Si](C)(C)C(C)(C)C)[C@H]2CCC[C@H]12. The molecule has 0 radical (unpaired) electrons. The summed E-state index contributed by atoms with van der Waals surface area (Å²) in [5.41, 5.74) is 0. The lowest BCUT2D eigenvalue weighted by atomic mass is 9.77. The van der Waals surface area contributed by atoms with E-state index in [1.165, 1.54) is 19.3 Å². The highest BCUT2D eigenvalue weighted by Crippen LogP contribution is 2.49. The van der Waals surface area contributed by atoms with E-state index in [0.717, 1.165) is 19.3 Å². The summed E-state index contributed by atoms with van der Waals surface area (Å²) >= 11 is 0. The number of methoxy groups -OCH3 is 1. The van der Waals surface area contributed by atoms with Gasteiger partial charge in [-0.3, -0.25) is 4.79 Å². The molecule has 0 aromatic carbocycles. The van der Waals surface area contributed by atoms with Gasteiger partial charge in [0.2, 0.25) is 8.32 Å². The summed E-state index contributed by atoms with van der Waals surface area (Å²) in [7, 11) is -0.296. The normalized spacial score (nSPS) is 29.6. The zero-order valence-electron chi connectivity index (χ0n) is 14.4. The minimum Gasteiger partial charge on any atom is -0.547 e. The van der Waals surface area contributed by atoms with E-state index in [2.05, 4.69) is 39.9 Å². The van der Waals surface area contributed by atoms with Crippen molar-refractivity contribution in [3.05, 3.63) is 11.8 Å². The van der Waals surface area contributed by atoms with E-state index < -0.39 is 8.32 Å². The maximum Gasteiger partial charge on any atom is 0.309 e. The molecule has 2 rings (SSSR count). The van der Waals surface area contributed by atoms with Crippen molar-refractivity contribution in [3.63, 3.8) is 0 Å². The first-order valence-corrected chi connectivity index (χ1v) is 11.0. The molecule has 0 spiro atoms. The quantitative estimate of drug-likeness (QED) is 0.568.